The van der Waals surface area contributed by atoms with Crippen molar-refractivity contribution in [1.82, 2.24) is 10.2 Å². The molecule has 0 aliphatic rings. The predicted octanol–water partition coefficient (Wildman–Crippen LogP) is 2.32. The quantitative estimate of drug-likeness (QED) is 0.637. The maximum Gasteiger partial charge on any atom is 0.417 e. The Labute approximate surface area is 171 Å². The molecule has 1 aromatic carbocycles. The molecule has 2 N–H and O–H groups in total. The van der Waals surface area contributed by atoms with E-state index >= 15 is 0 Å². The number of rotatable bonds is 7. The molecule has 0 saturated heterocycles. The van der Waals surface area contributed by atoms with Gasteiger partial charge in [0.15, 0.2) is 17.3 Å². The van der Waals surface area contributed by atoms with Crippen LogP contribution in [-0.4, -0.2) is 53.5 Å². The lowest BCUT2D eigenvalue weighted by molar-refractivity contribution is -0.365. The molecule has 0 aliphatic heterocycles. The molecule has 0 bridgehead atoms. The Bertz CT molecular complexity index is 813. The fourth-order valence-corrected chi connectivity index (χ4v) is 3.04. The normalized spacial score (nSPS) is 11.6. The molecule has 11 heteroatoms. The van der Waals surface area contributed by atoms with Crippen molar-refractivity contribution in [2.75, 3.05) is 13.7 Å². The Kier molecular flexibility index (Phi) is 8.23. The zero-order valence-corrected chi connectivity index (χ0v) is 17.2. The van der Waals surface area contributed by atoms with Gasteiger partial charge in [-0.1, -0.05) is 0 Å². The summed E-state index contributed by atoms with van der Waals surface area (Å²) in [5.41, 5.74) is -3.86. The first-order chi connectivity index (χ1) is 13.8. The van der Waals surface area contributed by atoms with Crippen LogP contribution in [0.1, 0.15) is 60.4 Å². The molecule has 0 aliphatic carbocycles. The number of hydrogen-bond acceptors (Lipinski definition) is 6. The molecule has 168 valence electrons. The molecule has 1 rings (SSSR count). The van der Waals surface area contributed by atoms with Crippen LogP contribution in [0.5, 0.6) is 11.5 Å². The number of ketones is 1. The van der Waals surface area contributed by atoms with E-state index in [1.165, 1.54) is 4.90 Å². The van der Waals surface area contributed by atoms with E-state index in [-0.39, 0.29) is 12.1 Å². The average Bonchev–Trinajstić information content (AvgIpc) is 2.59. The maximum atomic E-state index is 13.7. The van der Waals surface area contributed by atoms with E-state index < -0.39 is 65.1 Å². The number of urea groups is 1. The number of carbonyl (C=O) groups is 3. The first-order valence-electron chi connectivity index (χ1n) is 9.03. The van der Waals surface area contributed by atoms with Gasteiger partial charge in [0, 0.05) is 12.1 Å². The van der Waals surface area contributed by atoms with Crippen LogP contribution in [0.15, 0.2) is 6.07 Å². The molecule has 0 saturated carbocycles. The number of methoxy groups -OCH3 is 1. The van der Waals surface area contributed by atoms with Gasteiger partial charge in [0.25, 0.3) is 5.91 Å². The second-order valence-electron chi connectivity index (χ2n) is 6.95. The minimum absolute atomic E-state index is 0.353. The molecule has 0 fully saturated rings. The number of aromatic hydroxyl groups is 1. The van der Waals surface area contributed by atoms with Gasteiger partial charge >= 0.3 is 12.2 Å². The fraction of sp³-hybridized carbons (Fsp3) is 0.526. The first-order valence-corrected chi connectivity index (χ1v) is 9.03. The highest BCUT2D eigenvalue weighted by molar-refractivity contribution is 6.14. The van der Waals surface area contributed by atoms with Crippen molar-refractivity contribution in [3.8, 4) is 11.5 Å². The number of Topliss-reactive ketones (excluding diaryl/α,β-unsaturated/α-hetero) is 1. The van der Waals surface area contributed by atoms with Crippen LogP contribution in [0.3, 0.4) is 0 Å². The molecule has 30 heavy (non-hydrogen) atoms. The van der Waals surface area contributed by atoms with Crippen LogP contribution in [0.4, 0.5) is 18.0 Å². The van der Waals surface area contributed by atoms with Crippen LogP contribution in [0, 0.1) is 0 Å². The van der Waals surface area contributed by atoms with E-state index in [2.05, 4.69) is 4.74 Å². The smallest absolute Gasteiger partial charge is 0.417 e. The Morgan fingerprint density at radius 2 is 1.70 bits per heavy atom. The molecule has 0 heterocycles. The molecule has 0 atom stereocenters. The van der Waals surface area contributed by atoms with Crippen molar-refractivity contribution >= 4 is 17.7 Å². The molecule has 0 spiro atoms. The van der Waals surface area contributed by atoms with Gasteiger partial charge in [-0.05, 0) is 40.2 Å². The van der Waals surface area contributed by atoms with Crippen molar-refractivity contribution in [3.63, 3.8) is 0 Å². The van der Waals surface area contributed by atoms with Crippen molar-refractivity contribution in [1.29, 1.82) is 0 Å². The second-order valence-corrected chi connectivity index (χ2v) is 6.95. The van der Waals surface area contributed by atoms with E-state index in [0.29, 0.717) is 6.07 Å². The summed E-state index contributed by atoms with van der Waals surface area (Å²) in [7, 11) is 0.962. The number of benzene rings is 1. The highest BCUT2D eigenvalue weighted by Gasteiger charge is 2.41. The van der Waals surface area contributed by atoms with Gasteiger partial charge < -0.3 is 19.8 Å². The van der Waals surface area contributed by atoms with Gasteiger partial charge in [-0.15, -0.1) is 6.61 Å². The number of carbonyl (C=O) groups excluding carboxylic acids is 3. The third-order valence-corrected chi connectivity index (χ3v) is 4.19. The van der Waals surface area contributed by atoms with Gasteiger partial charge in [0.1, 0.15) is 0 Å². The van der Waals surface area contributed by atoms with E-state index in [1.54, 1.807) is 27.7 Å². The van der Waals surface area contributed by atoms with Crippen LogP contribution in [0.25, 0.3) is 0 Å². The zero-order chi connectivity index (χ0) is 23.4. The summed E-state index contributed by atoms with van der Waals surface area (Å²) >= 11 is 0. The summed E-state index contributed by atoms with van der Waals surface area (Å²) in [4.78, 5) is 38.7. The number of hydrogen-bond donors (Lipinski definition) is 2. The molecule has 0 unspecified atom stereocenters. The molecule has 1 aromatic rings. The van der Waals surface area contributed by atoms with E-state index in [1.807, 2.05) is 5.32 Å². The summed E-state index contributed by atoms with van der Waals surface area (Å²) in [5.74, 6) is -4.45. The lowest BCUT2D eigenvalue weighted by Crippen LogP contribution is -2.49. The Morgan fingerprint density at radius 3 is 2.10 bits per heavy atom. The number of alkyl halides is 3. The number of imide groups is 1. The zero-order valence-electron chi connectivity index (χ0n) is 17.2. The molecule has 0 aromatic heterocycles. The number of nitrogens with one attached hydrogen (secondary N) is 1. The van der Waals surface area contributed by atoms with Crippen LogP contribution >= 0.6 is 0 Å². The summed E-state index contributed by atoms with van der Waals surface area (Å²) < 4.78 is 45.6. The van der Waals surface area contributed by atoms with Crippen molar-refractivity contribution in [2.45, 2.75) is 52.4 Å². The Morgan fingerprint density at radius 1 is 1.17 bits per heavy atom. The predicted molar refractivity (Wildman–Crippen MR) is 98.4 cm³/mol. The second kappa shape index (κ2) is 9.79. The standard InChI is InChI=1S/C19H24F3N2O6/c1-9(2)24(10(3)4)18(29)23-17(28)14-11(19(20,21)22)8-13(30-5)16(27)15(14)12(26)6-7-25/h8-10,27H,6-7H2,1-5H3,(H,23,28,29)/q-1. The number of ether oxygens (including phenoxy) is 1. The summed E-state index contributed by atoms with van der Waals surface area (Å²) in [6, 6.07) is -1.39. The van der Waals surface area contributed by atoms with E-state index in [4.69, 9.17) is 0 Å². The summed E-state index contributed by atoms with van der Waals surface area (Å²) in [5, 5.41) is 22.9. The topological polar surface area (TPSA) is 119 Å². The SMILES string of the molecule is COc1cc(C(F)(F)F)c(C(=O)NC(=O)N(C(C)C)C(C)C)c(C(=O)CC[O-])c1O. The number of phenolic OH excluding ortho intramolecular Hbond substituents is 1. The highest BCUT2D eigenvalue weighted by atomic mass is 19.4. The first kappa shape index (κ1) is 25.2. The van der Waals surface area contributed by atoms with Crippen molar-refractivity contribution < 1.29 is 42.5 Å². The minimum Gasteiger partial charge on any atom is -0.854 e. The number of nitrogens with zero attached hydrogens (tertiary/aromatic N) is 1. The molecule has 0 radical (unpaired) electrons. The fourth-order valence-electron chi connectivity index (χ4n) is 3.04. The van der Waals surface area contributed by atoms with Gasteiger partial charge in [-0.2, -0.15) is 13.2 Å². The lowest BCUT2D eigenvalue weighted by Gasteiger charge is -2.30. The van der Waals surface area contributed by atoms with Gasteiger partial charge in [-0.3, -0.25) is 14.9 Å². The number of phenols is 1. The van der Waals surface area contributed by atoms with Gasteiger partial charge in [-0.25, -0.2) is 4.79 Å². The number of amides is 3. The molecule has 8 nitrogen and oxygen atoms in total. The van der Waals surface area contributed by atoms with Crippen LogP contribution in [0.2, 0.25) is 0 Å². The van der Waals surface area contributed by atoms with Crippen molar-refractivity contribution in [3.05, 3.63) is 22.8 Å². The van der Waals surface area contributed by atoms with Crippen LogP contribution in [-0.2, 0) is 6.18 Å². The summed E-state index contributed by atoms with van der Waals surface area (Å²) in [6.45, 7) is 5.60. The van der Waals surface area contributed by atoms with Gasteiger partial charge in [0.05, 0.1) is 23.8 Å². The van der Waals surface area contributed by atoms with Crippen molar-refractivity contribution in [2.24, 2.45) is 0 Å². The molecular formula is C19H24F3N2O6-. The third kappa shape index (κ3) is 5.41. The van der Waals surface area contributed by atoms with E-state index in [9.17, 15) is 37.8 Å². The lowest BCUT2D eigenvalue weighted by atomic mass is 9.93. The Balaban J connectivity index is 3.69. The number of halogens is 3. The van der Waals surface area contributed by atoms with Crippen LogP contribution < -0.4 is 15.2 Å². The third-order valence-electron chi connectivity index (χ3n) is 4.19. The largest absolute Gasteiger partial charge is 0.854 e. The monoisotopic (exact) mass is 433 g/mol. The van der Waals surface area contributed by atoms with E-state index in [0.717, 1.165) is 7.11 Å². The summed E-state index contributed by atoms with van der Waals surface area (Å²) in [6.07, 6.45) is -5.89. The minimum atomic E-state index is -5.13. The van der Waals surface area contributed by atoms with Gasteiger partial charge in [0.2, 0.25) is 0 Å². The Hall–Kier alpha value is -2.82. The maximum absolute atomic E-state index is 13.7. The molecular weight excluding hydrogens is 409 g/mol. The molecule has 3 amide bonds. The highest BCUT2D eigenvalue weighted by Crippen LogP contribution is 2.42. The average molecular weight is 433 g/mol.